The lowest BCUT2D eigenvalue weighted by atomic mass is 9.83. The van der Waals surface area contributed by atoms with Crippen molar-refractivity contribution < 1.29 is 52.5 Å². The van der Waals surface area contributed by atoms with E-state index in [0.29, 0.717) is 16.3 Å². The summed E-state index contributed by atoms with van der Waals surface area (Å²) in [6.45, 7) is 16.2. The van der Waals surface area contributed by atoms with E-state index in [4.69, 9.17) is 30.5 Å². The number of hydrogen-bond acceptors (Lipinski definition) is 11. The van der Waals surface area contributed by atoms with E-state index in [9.17, 15) is 33.6 Å². The largest absolute Gasteiger partial charge is 0.495 e. The van der Waals surface area contributed by atoms with Gasteiger partial charge in [-0.3, -0.25) is 24.0 Å². The van der Waals surface area contributed by atoms with E-state index in [1.165, 1.54) is 13.2 Å². The van der Waals surface area contributed by atoms with Gasteiger partial charge in [-0.05, 0) is 103 Å². The standard InChI is InChI=1S/C61H75ClN6O11/c1-33(2)28-48-58(73)78-49(20-15-21-51(69)66-47(30-39-24-27-50(76-10)46(62)29-39)56(71)65-37(7)61(8,9)59(74)67-48)35(5)53-54(79-53)40-25-22-38(23-26-40)31-63-55(70)36(6)64-57(72)52(34(3)4)68-60(75)77-32-45-43-18-13-11-16-41(43)42-17-12-14-19-44(42)45/h11-19,21-27,29,33-37,45,47-49,52-54H,20,28,30-32H2,1-10H3,(H,63,70)(H,64,72)(H,65,71)(H,66,69)(H,67,74)(H,68,75)/b21-15-/t35-,36-,37?,47+,48-,49-,52-,53?,54?/m0/s1. The molecule has 0 bridgehead atoms. The van der Waals surface area contributed by atoms with E-state index in [0.717, 1.165) is 33.4 Å². The van der Waals surface area contributed by atoms with Crippen LogP contribution in [0.15, 0.2) is 103 Å². The van der Waals surface area contributed by atoms with E-state index in [-0.39, 0.29) is 68.3 Å². The number of benzene rings is 4. The van der Waals surface area contributed by atoms with Crippen molar-refractivity contribution in [2.24, 2.45) is 23.2 Å². The van der Waals surface area contributed by atoms with Gasteiger partial charge in [0.05, 0.1) is 23.7 Å². The van der Waals surface area contributed by atoms with Crippen LogP contribution in [0.3, 0.4) is 0 Å². The number of carbonyl (C=O) groups excluding carboxylic acids is 7. The fourth-order valence-corrected chi connectivity index (χ4v) is 10.3. The monoisotopic (exact) mass is 1100 g/mol. The van der Waals surface area contributed by atoms with Gasteiger partial charge in [-0.15, -0.1) is 0 Å². The van der Waals surface area contributed by atoms with Gasteiger partial charge in [-0.25, -0.2) is 9.59 Å². The number of amides is 6. The van der Waals surface area contributed by atoms with Crippen LogP contribution < -0.4 is 36.6 Å². The van der Waals surface area contributed by atoms with Gasteiger partial charge < -0.3 is 50.8 Å². The third-order valence-corrected chi connectivity index (χ3v) is 15.5. The van der Waals surface area contributed by atoms with Crippen LogP contribution >= 0.6 is 11.6 Å². The molecule has 0 saturated carbocycles. The van der Waals surface area contributed by atoms with Gasteiger partial charge in [0, 0.05) is 37.3 Å². The highest BCUT2D eigenvalue weighted by Gasteiger charge is 2.48. The maximum atomic E-state index is 14.1. The normalized spacial score (nSPS) is 22.8. The fourth-order valence-electron chi connectivity index (χ4n) is 9.97. The Morgan fingerprint density at radius 2 is 1.44 bits per heavy atom. The SMILES string of the molecule is COc1ccc(C[C@H]2NC(=O)/C=C\C[C@@H]([C@H](C)C3OC3c3ccc(CNC(=O)[C@H](C)NC(=O)[C@@H](NC(=O)OCC4c5ccccc5-c5ccccc54)C(C)C)cc3)OC(=O)[C@H](CC(C)C)NC(=O)C(C)(C)C(C)NC2=O)cc1Cl. The molecule has 4 aromatic rings. The van der Waals surface area contributed by atoms with Crippen molar-refractivity contribution in [1.29, 1.82) is 0 Å². The Kier molecular flexibility index (Phi) is 19.7. The first kappa shape index (κ1) is 59.4. The molecule has 422 valence electrons. The molecule has 6 N–H and O–H groups in total. The first-order valence-corrected chi connectivity index (χ1v) is 27.5. The number of cyclic esters (lactones) is 1. The van der Waals surface area contributed by atoms with Gasteiger partial charge in [0.25, 0.3) is 0 Å². The lowest BCUT2D eigenvalue weighted by Crippen LogP contribution is -2.58. The Labute approximate surface area is 468 Å². The zero-order chi connectivity index (χ0) is 57.3. The van der Waals surface area contributed by atoms with Crippen molar-refractivity contribution in [3.8, 4) is 16.9 Å². The zero-order valence-electron chi connectivity index (χ0n) is 46.6. The first-order chi connectivity index (χ1) is 37.5. The van der Waals surface area contributed by atoms with E-state index in [1.807, 2.05) is 81.4 Å². The summed E-state index contributed by atoms with van der Waals surface area (Å²) in [5.74, 6) is -3.48. The minimum Gasteiger partial charge on any atom is -0.495 e. The van der Waals surface area contributed by atoms with E-state index < -0.39 is 83.3 Å². The predicted octanol–water partition coefficient (Wildman–Crippen LogP) is 7.77. The van der Waals surface area contributed by atoms with E-state index in [2.05, 4.69) is 44.0 Å². The molecule has 9 atom stereocenters. The van der Waals surface area contributed by atoms with Gasteiger partial charge in [0.15, 0.2) is 0 Å². The smallest absolute Gasteiger partial charge is 0.407 e. The molecule has 17 nitrogen and oxygen atoms in total. The Morgan fingerprint density at radius 1 is 0.797 bits per heavy atom. The summed E-state index contributed by atoms with van der Waals surface area (Å²) in [4.78, 5) is 95.5. The summed E-state index contributed by atoms with van der Waals surface area (Å²) in [5, 5.41) is 17.3. The van der Waals surface area contributed by atoms with Crippen molar-refractivity contribution in [3.05, 3.63) is 136 Å². The summed E-state index contributed by atoms with van der Waals surface area (Å²) in [6, 6.07) is 24.0. The highest BCUT2D eigenvalue weighted by atomic mass is 35.5. The van der Waals surface area contributed by atoms with Crippen LogP contribution in [0, 0.1) is 23.2 Å². The maximum absolute atomic E-state index is 14.1. The number of methoxy groups -OCH3 is 1. The fraction of sp³-hybridized carbons (Fsp3) is 0.459. The molecule has 6 amide bonds. The molecule has 3 unspecified atom stereocenters. The highest BCUT2D eigenvalue weighted by molar-refractivity contribution is 6.32. The van der Waals surface area contributed by atoms with Gasteiger partial charge >= 0.3 is 12.1 Å². The Hall–Kier alpha value is -7.24. The lowest BCUT2D eigenvalue weighted by Gasteiger charge is -2.34. The predicted molar refractivity (Wildman–Crippen MR) is 300 cm³/mol. The van der Waals surface area contributed by atoms with Crippen LogP contribution in [-0.4, -0.2) is 97.7 Å². The molecule has 4 aromatic carbocycles. The lowest BCUT2D eigenvalue weighted by molar-refractivity contribution is -0.157. The van der Waals surface area contributed by atoms with Gasteiger partial charge in [0.1, 0.15) is 48.7 Å². The highest BCUT2D eigenvalue weighted by Crippen LogP contribution is 2.46. The van der Waals surface area contributed by atoms with Crippen molar-refractivity contribution in [2.75, 3.05) is 13.7 Å². The minimum atomic E-state index is -1.20. The number of carbonyl (C=O) groups is 7. The molecule has 1 aliphatic carbocycles. The molecule has 1 saturated heterocycles. The molecule has 0 spiro atoms. The van der Waals surface area contributed by atoms with Crippen molar-refractivity contribution >= 4 is 53.2 Å². The second-order valence-corrected chi connectivity index (χ2v) is 22.6. The van der Waals surface area contributed by atoms with Gasteiger partial charge in [-0.2, -0.15) is 0 Å². The molecular weight excluding hydrogens is 1030 g/mol. The average Bonchev–Trinajstić information content (AvgIpc) is 4.18. The summed E-state index contributed by atoms with van der Waals surface area (Å²) in [7, 11) is 1.50. The first-order valence-electron chi connectivity index (χ1n) is 27.1. The van der Waals surface area contributed by atoms with Crippen LogP contribution in [0.4, 0.5) is 4.79 Å². The average molecular weight is 1100 g/mol. The quantitative estimate of drug-likeness (QED) is 0.0442. The number of alkyl carbamates (subject to hydrolysis) is 1. The molecule has 2 aliphatic heterocycles. The summed E-state index contributed by atoms with van der Waals surface area (Å²) < 4.78 is 23.5. The van der Waals surface area contributed by atoms with Gasteiger partial charge in [0.2, 0.25) is 29.5 Å². The number of epoxide rings is 1. The zero-order valence-corrected chi connectivity index (χ0v) is 47.4. The van der Waals surface area contributed by atoms with Crippen molar-refractivity contribution in [1.82, 2.24) is 31.9 Å². The summed E-state index contributed by atoms with van der Waals surface area (Å²) in [5.41, 5.74) is 5.46. The number of esters is 1. The Morgan fingerprint density at radius 3 is 2.06 bits per heavy atom. The molecule has 2 heterocycles. The van der Waals surface area contributed by atoms with Crippen LogP contribution in [0.25, 0.3) is 11.1 Å². The molecule has 18 heteroatoms. The number of fused-ring (bicyclic) bond motifs is 3. The molecule has 3 aliphatic rings. The summed E-state index contributed by atoms with van der Waals surface area (Å²) in [6.07, 6.45) is 1.16. The number of hydrogen-bond donors (Lipinski definition) is 6. The third kappa shape index (κ3) is 14.9. The van der Waals surface area contributed by atoms with Crippen LogP contribution in [-0.2, 0) is 55.9 Å². The molecule has 0 aromatic heterocycles. The molecule has 1 fully saturated rings. The Balaban J connectivity index is 0.950. The van der Waals surface area contributed by atoms with Gasteiger partial charge in [-0.1, -0.05) is 131 Å². The van der Waals surface area contributed by atoms with Crippen LogP contribution in [0.2, 0.25) is 5.02 Å². The number of rotatable bonds is 17. The number of halogens is 1. The number of nitrogens with one attached hydrogen (secondary N) is 6. The molecule has 7 rings (SSSR count). The molecular formula is C61H75ClN6O11. The second-order valence-electron chi connectivity index (χ2n) is 22.2. The molecule has 79 heavy (non-hydrogen) atoms. The van der Waals surface area contributed by atoms with E-state index in [1.54, 1.807) is 65.8 Å². The van der Waals surface area contributed by atoms with Crippen molar-refractivity contribution in [3.63, 3.8) is 0 Å². The van der Waals surface area contributed by atoms with E-state index >= 15 is 0 Å². The van der Waals surface area contributed by atoms with Crippen molar-refractivity contribution in [2.45, 2.75) is 143 Å². The topological polar surface area (TPSA) is 232 Å². The maximum Gasteiger partial charge on any atom is 0.407 e. The number of ether oxygens (including phenoxy) is 4. The third-order valence-electron chi connectivity index (χ3n) is 15.2. The second kappa shape index (κ2) is 26.1. The minimum absolute atomic E-state index is 0.00270. The van der Waals surface area contributed by atoms with Crippen LogP contribution in [0.1, 0.15) is 115 Å². The Bertz CT molecular complexity index is 2860. The summed E-state index contributed by atoms with van der Waals surface area (Å²) >= 11 is 6.41. The van der Waals surface area contributed by atoms with Crippen LogP contribution in [0.5, 0.6) is 5.75 Å². The molecule has 0 radical (unpaired) electrons.